The Hall–Kier alpha value is -4.34. The molecule has 146 valence electrons. The van der Waals surface area contributed by atoms with Crippen LogP contribution in [0.25, 0.3) is 5.69 Å². The summed E-state index contributed by atoms with van der Waals surface area (Å²) in [4.78, 5) is 32.8. The topological polar surface area (TPSA) is 133 Å². The summed E-state index contributed by atoms with van der Waals surface area (Å²) in [5, 5.41) is 25.7. The predicted molar refractivity (Wildman–Crippen MR) is 105 cm³/mol. The summed E-state index contributed by atoms with van der Waals surface area (Å²) >= 11 is 0. The number of hydrazone groups is 1. The van der Waals surface area contributed by atoms with Gasteiger partial charge in [-0.05, 0) is 24.3 Å². The lowest BCUT2D eigenvalue weighted by atomic mass is 10.1. The number of non-ortho nitro benzene ring substituents is 1. The summed E-state index contributed by atoms with van der Waals surface area (Å²) in [6.45, 7) is 0. The Morgan fingerprint density at radius 1 is 1.00 bits per heavy atom. The fourth-order valence-electron chi connectivity index (χ4n) is 2.69. The first-order chi connectivity index (χ1) is 14.0. The minimum Gasteiger partial charge on any atom is -0.316 e. The summed E-state index contributed by atoms with van der Waals surface area (Å²) in [5.41, 5.74) is 3.81. The Morgan fingerprint density at radius 2 is 1.72 bits per heavy atom. The minimum atomic E-state index is -0.539. The second kappa shape index (κ2) is 8.57. The number of hydrogen-bond acceptors (Lipinski definition) is 6. The normalized spacial score (nSPS) is 10.8. The number of hydrogen-bond donors (Lipinski definition) is 1. The quantitative estimate of drug-likeness (QED) is 0.374. The average Bonchev–Trinajstić information content (AvgIpc) is 3.17. The highest BCUT2D eigenvalue weighted by Crippen LogP contribution is 2.18. The molecule has 0 radical (unpaired) electrons. The number of para-hydroxylation sites is 1. The molecule has 0 aliphatic rings. The molecule has 0 saturated carbocycles. The summed E-state index contributed by atoms with van der Waals surface area (Å²) in [6.07, 6.45) is 2.98. The van der Waals surface area contributed by atoms with E-state index in [0.717, 1.165) is 0 Å². The van der Waals surface area contributed by atoms with E-state index >= 15 is 0 Å². The van der Waals surface area contributed by atoms with Gasteiger partial charge < -0.3 is 4.57 Å². The van der Waals surface area contributed by atoms with Gasteiger partial charge in [0, 0.05) is 35.6 Å². The molecule has 1 amide bonds. The molecule has 3 rings (SSSR count). The summed E-state index contributed by atoms with van der Waals surface area (Å²) in [7, 11) is 0. The molecule has 0 aliphatic heterocycles. The molecular formula is C19H15N5O5. The van der Waals surface area contributed by atoms with Gasteiger partial charge in [-0.2, -0.15) is 5.10 Å². The smallest absolute Gasteiger partial charge is 0.273 e. The molecule has 1 heterocycles. The fraction of sp³-hybridized carbons (Fsp3) is 0.0526. The number of benzene rings is 2. The Bertz CT molecular complexity index is 1090. The van der Waals surface area contributed by atoms with Gasteiger partial charge in [-0.3, -0.25) is 25.0 Å². The van der Waals surface area contributed by atoms with Gasteiger partial charge in [0.2, 0.25) is 5.91 Å². The molecule has 0 unspecified atom stereocenters. The molecule has 29 heavy (non-hydrogen) atoms. The van der Waals surface area contributed by atoms with Crippen LogP contribution in [0.5, 0.6) is 0 Å². The fourth-order valence-corrected chi connectivity index (χ4v) is 2.69. The van der Waals surface area contributed by atoms with E-state index in [1.54, 1.807) is 41.1 Å². The van der Waals surface area contributed by atoms with Crippen molar-refractivity contribution in [2.45, 2.75) is 6.42 Å². The van der Waals surface area contributed by atoms with Gasteiger partial charge in [0.05, 0.1) is 28.2 Å². The predicted octanol–water partition coefficient (Wildman–Crippen LogP) is 2.99. The van der Waals surface area contributed by atoms with Crippen LogP contribution < -0.4 is 5.43 Å². The van der Waals surface area contributed by atoms with Crippen LogP contribution in [0.15, 0.2) is 72.0 Å². The van der Waals surface area contributed by atoms with Crippen LogP contribution in [-0.2, 0) is 11.2 Å². The second-order valence-electron chi connectivity index (χ2n) is 5.93. The van der Waals surface area contributed by atoms with Gasteiger partial charge in [-0.1, -0.05) is 18.2 Å². The SMILES string of the molecule is O=C(Cc1ccccc1[N+](=O)[O-])N/N=C/c1cccn1-c1ccc([N+](=O)[O-])cc1. The van der Waals surface area contributed by atoms with Crippen LogP contribution in [0.1, 0.15) is 11.3 Å². The average molecular weight is 393 g/mol. The van der Waals surface area contributed by atoms with E-state index in [9.17, 15) is 25.0 Å². The van der Waals surface area contributed by atoms with Crippen molar-refractivity contribution in [3.05, 3.63) is 98.3 Å². The molecule has 0 fully saturated rings. The third-order valence-electron chi connectivity index (χ3n) is 4.04. The number of carbonyl (C=O) groups is 1. The van der Waals surface area contributed by atoms with Crippen molar-refractivity contribution in [3.63, 3.8) is 0 Å². The van der Waals surface area contributed by atoms with E-state index in [1.165, 1.54) is 36.5 Å². The van der Waals surface area contributed by atoms with Crippen LogP contribution in [0.3, 0.4) is 0 Å². The van der Waals surface area contributed by atoms with Gasteiger partial charge in [-0.25, -0.2) is 5.43 Å². The Labute approximate surface area is 164 Å². The standard InChI is InChI=1S/C19H15N5O5/c25-19(12-14-4-1-2-6-18(14)24(28)29)21-20-13-17-5-3-11-22(17)15-7-9-16(10-8-15)23(26)27/h1-11,13H,12H2,(H,21,25)/b20-13+. The monoisotopic (exact) mass is 393 g/mol. The molecule has 0 spiro atoms. The van der Waals surface area contributed by atoms with E-state index in [1.807, 2.05) is 0 Å². The highest BCUT2D eigenvalue weighted by atomic mass is 16.6. The van der Waals surface area contributed by atoms with Gasteiger partial charge >= 0.3 is 0 Å². The first kappa shape index (κ1) is 19.4. The lowest BCUT2D eigenvalue weighted by Gasteiger charge is -2.06. The third-order valence-corrected chi connectivity index (χ3v) is 4.04. The van der Waals surface area contributed by atoms with Crippen molar-refractivity contribution >= 4 is 23.5 Å². The third kappa shape index (κ3) is 4.69. The molecule has 1 aromatic heterocycles. The van der Waals surface area contributed by atoms with Crippen LogP contribution in [0.2, 0.25) is 0 Å². The van der Waals surface area contributed by atoms with Gasteiger partial charge in [-0.15, -0.1) is 0 Å². The molecule has 0 aliphatic carbocycles. The van der Waals surface area contributed by atoms with Crippen LogP contribution in [0, 0.1) is 20.2 Å². The number of nitro groups is 2. The molecular weight excluding hydrogens is 378 g/mol. The van der Waals surface area contributed by atoms with Crippen LogP contribution in [-0.4, -0.2) is 26.5 Å². The van der Waals surface area contributed by atoms with Crippen LogP contribution >= 0.6 is 0 Å². The van der Waals surface area contributed by atoms with E-state index < -0.39 is 15.8 Å². The molecule has 3 aromatic rings. The summed E-state index contributed by atoms with van der Waals surface area (Å²) < 4.78 is 1.74. The van der Waals surface area contributed by atoms with Gasteiger partial charge in [0.25, 0.3) is 11.4 Å². The highest BCUT2D eigenvalue weighted by molar-refractivity contribution is 5.83. The Kier molecular flexibility index (Phi) is 5.74. The number of nitrogens with one attached hydrogen (secondary N) is 1. The number of nitro benzene ring substituents is 2. The zero-order chi connectivity index (χ0) is 20.8. The first-order valence-corrected chi connectivity index (χ1v) is 8.42. The Balaban J connectivity index is 1.67. The highest BCUT2D eigenvalue weighted by Gasteiger charge is 2.15. The minimum absolute atomic E-state index is 0.0154. The van der Waals surface area contributed by atoms with E-state index in [0.29, 0.717) is 16.9 Å². The maximum atomic E-state index is 12.1. The van der Waals surface area contributed by atoms with Crippen molar-refractivity contribution in [1.29, 1.82) is 0 Å². The number of nitrogens with zero attached hydrogens (tertiary/aromatic N) is 4. The zero-order valence-electron chi connectivity index (χ0n) is 15.0. The molecule has 1 N–H and O–H groups in total. The maximum absolute atomic E-state index is 12.1. The maximum Gasteiger partial charge on any atom is 0.273 e. The lowest BCUT2D eigenvalue weighted by molar-refractivity contribution is -0.385. The molecule has 0 atom stereocenters. The molecule has 10 heteroatoms. The van der Waals surface area contributed by atoms with Crippen LogP contribution in [0.4, 0.5) is 11.4 Å². The number of carbonyl (C=O) groups excluding carboxylic acids is 1. The first-order valence-electron chi connectivity index (χ1n) is 8.42. The number of aromatic nitrogens is 1. The molecule has 0 saturated heterocycles. The lowest BCUT2D eigenvalue weighted by Crippen LogP contribution is -2.20. The van der Waals surface area contributed by atoms with E-state index in [-0.39, 0.29) is 17.8 Å². The van der Waals surface area contributed by atoms with E-state index in [4.69, 9.17) is 0 Å². The van der Waals surface area contributed by atoms with Crippen molar-refractivity contribution < 1.29 is 14.6 Å². The van der Waals surface area contributed by atoms with Crippen molar-refractivity contribution in [2.75, 3.05) is 0 Å². The zero-order valence-corrected chi connectivity index (χ0v) is 15.0. The summed E-state index contributed by atoms with van der Waals surface area (Å²) in [5.74, 6) is -0.496. The van der Waals surface area contributed by atoms with Crippen molar-refractivity contribution in [3.8, 4) is 5.69 Å². The number of amides is 1. The van der Waals surface area contributed by atoms with E-state index in [2.05, 4.69) is 10.5 Å². The van der Waals surface area contributed by atoms with Crippen molar-refractivity contribution in [1.82, 2.24) is 9.99 Å². The van der Waals surface area contributed by atoms with Gasteiger partial charge in [0.15, 0.2) is 0 Å². The number of rotatable bonds is 7. The van der Waals surface area contributed by atoms with Crippen molar-refractivity contribution in [2.24, 2.45) is 5.10 Å². The Morgan fingerprint density at radius 3 is 2.41 bits per heavy atom. The molecule has 0 bridgehead atoms. The molecule has 10 nitrogen and oxygen atoms in total. The summed E-state index contributed by atoms with van der Waals surface area (Å²) in [6, 6.07) is 15.5. The van der Waals surface area contributed by atoms with Gasteiger partial charge in [0.1, 0.15) is 0 Å². The largest absolute Gasteiger partial charge is 0.316 e. The molecule has 2 aromatic carbocycles. The second-order valence-corrected chi connectivity index (χ2v) is 5.93.